The Morgan fingerprint density at radius 2 is 2.27 bits per heavy atom. The molecule has 0 radical (unpaired) electrons. The molecule has 0 bridgehead atoms. The summed E-state index contributed by atoms with van der Waals surface area (Å²) in [5.74, 6) is 0. The molecule has 1 fully saturated rings. The van der Waals surface area contributed by atoms with Crippen molar-refractivity contribution in [1.29, 1.82) is 0 Å². The van der Waals surface area contributed by atoms with Gasteiger partial charge < -0.3 is 15.3 Å². The maximum Gasteiger partial charge on any atom is 0.317 e. The summed E-state index contributed by atoms with van der Waals surface area (Å²) < 4.78 is 1.98. The van der Waals surface area contributed by atoms with Gasteiger partial charge in [-0.2, -0.15) is 5.10 Å². The molecule has 2 N–H and O–H groups in total. The van der Waals surface area contributed by atoms with Crippen molar-refractivity contribution in [2.75, 3.05) is 19.7 Å². The Hall–Kier alpha value is -1.56. The number of aromatic nitrogens is 2. The van der Waals surface area contributed by atoms with Gasteiger partial charge in [0.05, 0.1) is 5.69 Å². The maximum absolute atomic E-state index is 12.3. The van der Waals surface area contributed by atoms with Crippen LogP contribution in [0.1, 0.15) is 43.5 Å². The second kappa shape index (κ2) is 8.17. The Morgan fingerprint density at radius 3 is 2.95 bits per heavy atom. The van der Waals surface area contributed by atoms with Crippen LogP contribution in [0.3, 0.4) is 0 Å². The fraction of sp³-hybridized carbons (Fsp3) is 0.750. The Kier molecular flexibility index (Phi) is 6.24. The number of hydrogen-bond acceptors (Lipinski definition) is 3. The predicted octanol–water partition coefficient (Wildman–Crippen LogP) is 1.84. The first-order chi connectivity index (χ1) is 10.6. The van der Waals surface area contributed by atoms with E-state index in [0.717, 1.165) is 50.2 Å². The van der Waals surface area contributed by atoms with Gasteiger partial charge in [0.1, 0.15) is 0 Å². The van der Waals surface area contributed by atoms with Crippen LogP contribution in [-0.4, -0.2) is 51.6 Å². The number of rotatable bonds is 6. The van der Waals surface area contributed by atoms with Gasteiger partial charge in [-0.05, 0) is 52.0 Å². The Bertz CT molecular complexity index is 484. The lowest BCUT2D eigenvalue weighted by Gasteiger charge is -2.35. The number of aliphatic hydroxyl groups is 1. The van der Waals surface area contributed by atoms with Crippen LogP contribution in [0.4, 0.5) is 4.79 Å². The highest BCUT2D eigenvalue weighted by atomic mass is 16.3. The fourth-order valence-corrected chi connectivity index (χ4v) is 3.14. The average molecular weight is 308 g/mol. The molecule has 0 aliphatic carbocycles. The quantitative estimate of drug-likeness (QED) is 0.788. The first-order valence-electron chi connectivity index (χ1n) is 8.28. The lowest BCUT2D eigenvalue weighted by molar-refractivity contribution is 0.132. The molecule has 1 atom stereocenters. The molecule has 1 unspecified atom stereocenters. The van der Waals surface area contributed by atoms with Crippen LogP contribution < -0.4 is 5.32 Å². The molecular weight excluding hydrogens is 280 g/mol. The van der Waals surface area contributed by atoms with Gasteiger partial charge in [0.2, 0.25) is 0 Å². The van der Waals surface area contributed by atoms with Gasteiger partial charge >= 0.3 is 6.03 Å². The van der Waals surface area contributed by atoms with Crippen LogP contribution in [0.2, 0.25) is 0 Å². The molecule has 1 aromatic heterocycles. The molecule has 1 aromatic rings. The molecule has 22 heavy (non-hydrogen) atoms. The highest BCUT2D eigenvalue weighted by molar-refractivity contribution is 5.74. The number of aryl methyl sites for hydroxylation is 3. The largest absolute Gasteiger partial charge is 0.396 e. The molecule has 1 aliphatic heterocycles. The summed E-state index contributed by atoms with van der Waals surface area (Å²) >= 11 is 0. The van der Waals surface area contributed by atoms with Crippen LogP contribution in [0.15, 0.2) is 6.07 Å². The smallest absolute Gasteiger partial charge is 0.317 e. The first kappa shape index (κ1) is 16.8. The van der Waals surface area contributed by atoms with Gasteiger partial charge in [-0.15, -0.1) is 0 Å². The van der Waals surface area contributed by atoms with E-state index in [0.29, 0.717) is 13.0 Å². The average Bonchev–Trinajstić information content (AvgIpc) is 2.82. The number of piperidine rings is 1. The van der Waals surface area contributed by atoms with E-state index in [9.17, 15) is 4.79 Å². The third kappa shape index (κ3) is 4.47. The molecule has 2 amide bonds. The standard InChI is InChI=1S/C16H28N4O2/c1-13-12-14(2)20(18-13)10-5-8-17-16(22)19-9-4-3-6-15(19)7-11-21/h12,15,21H,3-11H2,1-2H3,(H,17,22). The number of likely N-dealkylation sites (tertiary alicyclic amines) is 1. The lowest BCUT2D eigenvalue weighted by Crippen LogP contribution is -2.49. The van der Waals surface area contributed by atoms with Crippen molar-refractivity contribution in [3.05, 3.63) is 17.5 Å². The summed E-state index contributed by atoms with van der Waals surface area (Å²) in [5, 5.41) is 16.5. The summed E-state index contributed by atoms with van der Waals surface area (Å²) in [6.45, 7) is 6.45. The van der Waals surface area contributed by atoms with Crippen molar-refractivity contribution >= 4 is 6.03 Å². The van der Waals surface area contributed by atoms with Crippen LogP contribution in [0.5, 0.6) is 0 Å². The van der Waals surface area contributed by atoms with Crippen molar-refractivity contribution in [1.82, 2.24) is 20.0 Å². The molecule has 0 saturated carbocycles. The van der Waals surface area contributed by atoms with E-state index in [1.165, 1.54) is 0 Å². The zero-order valence-electron chi connectivity index (χ0n) is 13.7. The topological polar surface area (TPSA) is 70.4 Å². The minimum Gasteiger partial charge on any atom is -0.396 e. The van der Waals surface area contributed by atoms with E-state index in [4.69, 9.17) is 5.11 Å². The summed E-state index contributed by atoms with van der Waals surface area (Å²) in [6, 6.07) is 2.26. The highest BCUT2D eigenvalue weighted by Crippen LogP contribution is 2.19. The molecule has 0 spiro atoms. The third-order valence-corrected chi connectivity index (χ3v) is 4.28. The molecule has 6 nitrogen and oxygen atoms in total. The number of carbonyl (C=O) groups is 1. The number of carbonyl (C=O) groups excluding carboxylic acids is 1. The predicted molar refractivity (Wildman–Crippen MR) is 85.8 cm³/mol. The normalized spacial score (nSPS) is 18.5. The molecule has 0 aromatic carbocycles. The Morgan fingerprint density at radius 1 is 1.45 bits per heavy atom. The second-order valence-corrected chi connectivity index (χ2v) is 6.09. The van der Waals surface area contributed by atoms with Gasteiger partial charge in [0.25, 0.3) is 0 Å². The molecule has 1 saturated heterocycles. The van der Waals surface area contributed by atoms with Crippen LogP contribution in [-0.2, 0) is 6.54 Å². The molecule has 2 heterocycles. The summed E-state index contributed by atoms with van der Waals surface area (Å²) in [6.07, 6.45) is 4.75. The van der Waals surface area contributed by atoms with Gasteiger partial charge in [-0.1, -0.05) is 0 Å². The van der Waals surface area contributed by atoms with Crippen molar-refractivity contribution in [3.63, 3.8) is 0 Å². The SMILES string of the molecule is Cc1cc(C)n(CCCNC(=O)N2CCCCC2CCO)n1. The molecular formula is C16H28N4O2. The van der Waals surface area contributed by atoms with E-state index in [2.05, 4.69) is 16.5 Å². The number of aliphatic hydroxyl groups excluding tert-OH is 1. The first-order valence-corrected chi connectivity index (χ1v) is 8.28. The second-order valence-electron chi connectivity index (χ2n) is 6.09. The minimum absolute atomic E-state index is 0.00604. The summed E-state index contributed by atoms with van der Waals surface area (Å²) in [4.78, 5) is 14.2. The van der Waals surface area contributed by atoms with Crippen LogP contribution in [0.25, 0.3) is 0 Å². The van der Waals surface area contributed by atoms with Crippen molar-refractivity contribution in [2.45, 2.75) is 58.5 Å². The number of amides is 2. The number of urea groups is 1. The highest BCUT2D eigenvalue weighted by Gasteiger charge is 2.25. The molecule has 2 rings (SSSR count). The van der Waals surface area contributed by atoms with E-state index >= 15 is 0 Å². The lowest BCUT2D eigenvalue weighted by atomic mass is 10.0. The van der Waals surface area contributed by atoms with E-state index < -0.39 is 0 Å². The van der Waals surface area contributed by atoms with Gasteiger partial charge in [0, 0.05) is 38.0 Å². The number of nitrogens with zero attached hydrogens (tertiary/aromatic N) is 3. The van der Waals surface area contributed by atoms with E-state index in [-0.39, 0.29) is 18.7 Å². The minimum atomic E-state index is 0.00604. The van der Waals surface area contributed by atoms with E-state index in [1.54, 1.807) is 0 Å². The monoisotopic (exact) mass is 308 g/mol. The zero-order chi connectivity index (χ0) is 15.9. The summed E-state index contributed by atoms with van der Waals surface area (Å²) in [5.41, 5.74) is 2.18. The number of nitrogens with one attached hydrogen (secondary N) is 1. The fourth-order valence-electron chi connectivity index (χ4n) is 3.14. The van der Waals surface area contributed by atoms with Gasteiger partial charge in [-0.25, -0.2) is 4.79 Å². The van der Waals surface area contributed by atoms with Crippen molar-refractivity contribution < 1.29 is 9.90 Å². The Labute approximate surface area is 132 Å². The van der Waals surface area contributed by atoms with Crippen LogP contribution >= 0.6 is 0 Å². The zero-order valence-corrected chi connectivity index (χ0v) is 13.7. The van der Waals surface area contributed by atoms with E-state index in [1.807, 2.05) is 23.4 Å². The Balaban J connectivity index is 1.73. The van der Waals surface area contributed by atoms with Crippen LogP contribution in [0, 0.1) is 13.8 Å². The van der Waals surface area contributed by atoms with Gasteiger partial charge in [-0.3, -0.25) is 4.68 Å². The molecule has 124 valence electrons. The van der Waals surface area contributed by atoms with Crippen molar-refractivity contribution in [2.24, 2.45) is 0 Å². The van der Waals surface area contributed by atoms with Gasteiger partial charge in [0.15, 0.2) is 0 Å². The van der Waals surface area contributed by atoms with Crippen molar-refractivity contribution in [3.8, 4) is 0 Å². The third-order valence-electron chi connectivity index (χ3n) is 4.28. The number of hydrogen-bond donors (Lipinski definition) is 2. The maximum atomic E-state index is 12.3. The summed E-state index contributed by atoms with van der Waals surface area (Å²) in [7, 11) is 0. The molecule has 6 heteroatoms. The molecule has 1 aliphatic rings.